The summed E-state index contributed by atoms with van der Waals surface area (Å²) in [6, 6.07) is 33.9. The van der Waals surface area contributed by atoms with E-state index in [0.29, 0.717) is 0 Å². The molecule has 0 spiro atoms. The van der Waals surface area contributed by atoms with Crippen molar-refractivity contribution in [3.8, 4) is 33.8 Å². The highest BCUT2D eigenvalue weighted by Crippen LogP contribution is 2.43. The Labute approximate surface area is 214 Å². The van der Waals surface area contributed by atoms with E-state index in [1.165, 1.54) is 20.9 Å². The van der Waals surface area contributed by atoms with E-state index >= 15 is 0 Å². The molecule has 4 rings (SSSR count). The van der Waals surface area contributed by atoms with Crippen LogP contribution >= 0.6 is 11.8 Å². The largest absolute Gasteiger partial charge is 0.488 e. The fourth-order valence-electron chi connectivity index (χ4n) is 3.87. The average Bonchev–Trinajstić information content (AvgIpc) is 2.79. The van der Waals surface area contributed by atoms with E-state index in [2.05, 4.69) is 139 Å². The first kappa shape index (κ1) is 24.9. The first-order valence-electron chi connectivity index (χ1n) is 12.0. The van der Waals surface area contributed by atoms with Gasteiger partial charge in [-0.3, -0.25) is 0 Å². The van der Waals surface area contributed by atoms with Crippen molar-refractivity contribution in [3.05, 3.63) is 97.1 Å². The third kappa shape index (κ3) is 6.93. The summed E-state index contributed by atoms with van der Waals surface area (Å²) in [4.78, 5) is 2.43. The van der Waals surface area contributed by atoms with Gasteiger partial charge in [0.25, 0.3) is 0 Å². The van der Waals surface area contributed by atoms with Crippen LogP contribution in [0.25, 0.3) is 22.3 Å². The zero-order valence-electron chi connectivity index (χ0n) is 21.5. The molecule has 0 fully saturated rings. The van der Waals surface area contributed by atoms with Crippen LogP contribution in [0.4, 0.5) is 0 Å². The van der Waals surface area contributed by atoms with Gasteiger partial charge in [0.05, 0.1) is 0 Å². The highest BCUT2D eigenvalue weighted by Gasteiger charge is 2.17. The molecule has 0 aliphatic heterocycles. The van der Waals surface area contributed by atoms with Crippen LogP contribution in [0.5, 0.6) is 11.5 Å². The molecule has 35 heavy (non-hydrogen) atoms. The molecule has 0 aromatic heterocycles. The van der Waals surface area contributed by atoms with Crippen molar-refractivity contribution >= 4 is 11.8 Å². The summed E-state index contributed by atoms with van der Waals surface area (Å²) in [5.74, 6) is 1.75. The van der Waals surface area contributed by atoms with Crippen molar-refractivity contribution in [2.24, 2.45) is 0 Å². The second-order valence-corrected chi connectivity index (χ2v) is 11.7. The average molecular weight is 483 g/mol. The summed E-state index contributed by atoms with van der Waals surface area (Å²) < 4.78 is 12.1. The number of rotatable bonds is 6. The quantitative estimate of drug-likeness (QED) is 0.273. The van der Waals surface area contributed by atoms with Gasteiger partial charge in [-0.2, -0.15) is 0 Å². The van der Waals surface area contributed by atoms with Crippen molar-refractivity contribution in [2.45, 2.75) is 62.5 Å². The molecule has 0 N–H and O–H groups in total. The molecule has 3 heteroatoms. The van der Waals surface area contributed by atoms with Crippen LogP contribution in [-0.4, -0.2) is 11.2 Å². The van der Waals surface area contributed by atoms with E-state index in [0.717, 1.165) is 22.6 Å². The van der Waals surface area contributed by atoms with Crippen LogP contribution < -0.4 is 9.47 Å². The molecule has 2 nitrogen and oxygen atoms in total. The van der Waals surface area contributed by atoms with E-state index in [-0.39, 0.29) is 11.2 Å². The summed E-state index contributed by atoms with van der Waals surface area (Å²) >= 11 is 1.79. The van der Waals surface area contributed by atoms with Crippen LogP contribution in [0, 0.1) is 0 Å². The lowest BCUT2D eigenvalue weighted by atomic mass is 9.94. The van der Waals surface area contributed by atoms with Crippen molar-refractivity contribution in [1.82, 2.24) is 0 Å². The lowest BCUT2D eigenvalue weighted by Crippen LogP contribution is -2.22. The predicted octanol–water partition coefficient (Wildman–Crippen LogP) is 9.53. The lowest BCUT2D eigenvalue weighted by Gasteiger charge is -2.22. The van der Waals surface area contributed by atoms with Gasteiger partial charge in [-0.1, -0.05) is 66.4 Å². The Morgan fingerprint density at radius 3 is 1.54 bits per heavy atom. The molecule has 0 amide bonds. The van der Waals surface area contributed by atoms with Crippen LogP contribution in [0.1, 0.15) is 41.5 Å². The van der Waals surface area contributed by atoms with Gasteiger partial charge in [0.15, 0.2) is 0 Å². The van der Waals surface area contributed by atoms with Crippen LogP contribution in [-0.2, 0) is 0 Å². The summed E-state index contributed by atoms with van der Waals surface area (Å²) in [5, 5.41) is 0. The summed E-state index contributed by atoms with van der Waals surface area (Å²) in [7, 11) is 0. The molecule has 0 saturated carbocycles. The second-order valence-electron chi connectivity index (χ2n) is 10.6. The molecule has 0 atom stereocenters. The standard InChI is InChI=1S/C32H34O2S/c1-31(2,3)33-25-19-15-23(16-20-25)28-13-10-14-29(35-27-11-8-7-9-12-27)30(28)24-17-21-26(22-18-24)34-32(4,5)6/h7-22H,1-6H3. The summed E-state index contributed by atoms with van der Waals surface area (Å²) in [6.45, 7) is 12.4. The van der Waals surface area contributed by atoms with Crippen LogP contribution in [0.2, 0.25) is 0 Å². The molecule has 0 heterocycles. The molecule has 4 aromatic rings. The molecule has 4 aromatic carbocycles. The maximum atomic E-state index is 6.07. The van der Waals surface area contributed by atoms with Crippen molar-refractivity contribution in [1.29, 1.82) is 0 Å². The third-order valence-electron chi connectivity index (χ3n) is 5.15. The molecule has 0 saturated heterocycles. The smallest absolute Gasteiger partial charge is 0.120 e. The maximum Gasteiger partial charge on any atom is 0.120 e. The first-order valence-corrected chi connectivity index (χ1v) is 12.8. The molecular formula is C32H34O2S. The van der Waals surface area contributed by atoms with E-state index in [4.69, 9.17) is 9.47 Å². The zero-order chi connectivity index (χ0) is 25.1. The minimum absolute atomic E-state index is 0.226. The van der Waals surface area contributed by atoms with Gasteiger partial charge in [-0.15, -0.1) is 0 Å². The SMILES string of the molecule is CC(C)(C)Oc1ccc(-c2cccc(Sc3ccccc3)c2-c2ccc(OC(C)(C)C)cc2)cc1. The Kier molecular flexibility index (Phi) is 7.28. The van der Waals surface area contributed by atoms with E-state index in [1.54, 1.807) is 11.8 Å². The second kappa shape index (κ2) is 10.2. The topological polar surface area (TPSA) is 18.5 Å². The third-order valence-corrected chi connectivity index (χ3v) is 6.22. The molecule has 0 unspecified atom stereocenters. The molecule has 0 aliphatic carbocycles. The highest BCUT2D eigenvalue weighted by molar-refractivity contribution is 7.99. The van der Waals surface area contributed by atoms with Gasteiger partial charge in [-0.25, -0.2) is 0 Å². The Morgan fingerprint density at radius 1 is 0.514 bits per heavy atom. The molecule has 180 valence electrons. The Hall–Kier alpha value is -3.17. The van der Waals surface area contributed by atoms with Gasteiger partial charge in [0, 0.05) is 15.4 Å². The van der Waals surface area contributed by atoms with Gasteiger partial charge in [-0.05, 0) is 101 Å². The zero-order valence-corrected chi connectivity index (χ0v) is 22.3. The number of benzene rings is 4. The molecule has 0 aliphatic rings. The molecular weight excluding hydrogens is 448 g/mol. The van der Waals surface area contributed by atoms with Gasteiger partial charge >= 0.3 is 0 Å². The van der Waals surface area contributed by atoms with Gasteiger partial charge in [0.1, 0.15) is 22.7 Å². The normalized spacial score (nSPS) is 11.8. The highest BCUT2D eigenvalue weighted by atomic mass is 32.2. The van der Waals surface area contributed by atoms with Gasteiger partial charge in [0.2, 0.25) is 0 Å². The fraction of sp³-hybridized carbons (Fsp3) is 0.250. The molecule has 0 bridgehead atoms. The minimum atomic E-state index is -0.232. The predicted molar refractivity (Wildman–Crippen MR) is 149 cm³/mol. The fourth-order valence-corrected chi connectivity index (χ4v) is 4.89. The van der Waals surface area contributed by atoms with Crippen LogP contribution in [0.15, 0.2) is 107 Å². The monoisotopic (exact) mass is 482 g/mol. The Morgan fingerprint density at radius 2 is 1.03 bits per heavy atom. The van der Waals surface area contributed by atoms with Crippen LogP contribution in [0.3, 0.4) is 0 Å². The molecule has 0 radical (unpaired) electrons. The Balaban J connectivity index is 1.77. The lowest BCUT2D eigenvalue weighted by molar-refractivity contribution is 0.130. The van der Waals surface area contributed by atoms with E-state index in [1.807, 2.05) is 0 Å². The minimum Gasteiger partial charge on any atom is -0.488 e. The van der Waals surface area contributed by atoms with Crippen molar-refractivity contribution in [2.75, 3.05) is 0 Å². The number of hydrogen-bond acceptors (Lipinski definition) is 3. The van der Waals surface area contributed by atoms with Crippen molar-refractivity contribution in [3.63, 3.8) is 0 Å². The van der Waals surface area contributed by atoms with Gasteiger partial charge < -0.3 is 9.47 Å². The summed E-state index contributed by atoms with van der Waals surface area (Å²) in [5.41, 5.74) is 4.27. The van der Waals surface area contributed by atoms with E-state index < -0.39 is 0 Å². The van der Waals surface area contributed by atoms with Crippen molar-refractivity contribution < 1.29 is 9.47 Å². The summed E-state index contributed by atoms with van der Waals surface area (Å²) in [6.07, 6.45) is 0. The first-order chi connectivity index (χ1) is 16.6. The Bertz CT molecular complexity index is 1250. The number of hydrogen-bond donors (Lipinski definition) is 0. The van der Waals surface area contributed by atoms with E-state index in [9.17, 15) is 0 Å². The maximum absolute atomic E-state index is 6.07. The number of ether oxygens (including phenoxy) is 2.